The summed E-state index contributed by atoms with van der Waals surface area (Å²) in [6, 6.07) is 0.654. The van der Waals surface area contributed by atoms with E-state index in [1.165, 1.54) is 24.9 Å². The third-order valence-corrected chi connectivity index (χ3v) is 3.76. The van der Waals surface area contributed by atoms with Crippen LogP contribution in [0, 0.1) is 0 Å². The molecule has 0 aliphatic carbocycles. The molecule has 1 fully saturated rings. The average Bonchev–Trinajstić information content (AvgIpc) is 3.05. The lowest BCUT2D eigenvalue weighted by Gasteiger charge is -2.24. The number of hydrogen-bond donors (Lipinski definition) is 1. The van der Waals surface area contributed by atoms with E-state index in [-0.39, 0.29) is 0 Å². The number of nitrogens with zero attached hydrogens (tertiary/aromatic N) is 3. The average molecular weight is 266 g/mol. The van der Waals surface area contributed by atoms with Gasteiger partial charge in [0.15, 0.2) is 0 Å². The first-order valence-electron chi connectivity index (χ1n) is 7.28. The molecule has 5 nitrogen and oxygen atoms in total. The molecule has 0 saturated carbocycles. The zero-order valence-corrected chi connectivity index (χ0v) is 12.1. The smallest absolute Gasteiger partial charge is 0.0587 e. The second-order valence-electron chi connectivity index (χ2n) is 5.17. The lowest BCUT2D eigenvalue weighted by Crippen LogP contribution is -2.38. The molecule has 1 N–H and O–H groups in total. The maximum Gasteiger partial charge on any atom is 0.0587 e. The Bertz CT molecular complexity index is 366. The van der Waals surface area contributed by atoms with Crippen molar-refractivity contribution < 1.29 is 4.74 Å². The Labute approximate surface area is 115 Å². The summed E-state index contributed by atoms with van der Waals surface area (Å²) >= 11 is 0. The van der Waals surface area contributed by atoms with E-state index in [0.717, 1.165) is 32.8 Å². The van der Waals surface area contributed by atoms with E-state index >= 15 is 0 Å². The summed E-state index contributed by atoms with van der Waals surface area (Å²) in [5.74, 6) is 0. The van der Waals surface area contributed by atoms with E-state index in [1.54, 1.807) is 7.11 Å². The van der Waals surface area contributed by atoms with Crippen molar-refractivity contribution in [3.05, 3.63) is 18.0 Å². The van der Waals surface area contributed by atoms with Crippen molar-refractivity contribution in [1.82, 2.24) is 20.0 Å². The van der Waals surface area contributed by atoms with Gasteiger partial charge in [-0.1, -0.05) is 0 Å². The fraction of sp³-hybridized carbons (Fsp3) is 0.786. The van der Waals surface area contributed by atoms with Gasteiger partial charge in [0, 0.05) is 51.1 Å². The highest BCUT2D eigenvalue weighted by molar-refractivity contribution is 5.04. The Kier molecular flexibility index (Phi) is 5.82. The number of likely N-dealkylation sites (tertiary alicyclic amines) is 1. The van der Waals surface area contributed by atoms with E-state index in [0.29, 0.717) is 6.04 Å². The monoisotopic (exact) mass is 266 g/mol. The predicted octanol–water partition coefficient (Wildman–Crippen LogP) is 1.10. The number of rotatable bonds is 8. The van der Waals surface area contributed by atoms with Gasteiger partial charge in [-0.2, -0.15) is 5.10 Å². The summed E-state index contributed by atoms with van der Waals surface area (Å²) in [6.45, 7) is 8.08. The summed E-state index contributed by atoms with van der Waals surface area (Å²) < 4.78 is 7.05. The Morgan fingerprint density at radius 2 is 2.42 bits per heavy atom. The Morgan fingerprint density at radius 1 is 1.53 bits per heavy atom. The topological polar surface area (TPSA) is 42.3 Å². The van der Waals surface area contributed by atoms with Gasteiger partial charge < -0.3 is 10.1 Å². The van der Waals surface area contributed by atoms with Gasteiger partial charge in [0.25, 0.3) is 0 Å². The third kappa shape index (κ3) is 4.30. The molecule has 1 saturated heterocycles. The molecule has 108 valence electrons. The minimum Gasteiger partial charge on any atom is -0.383 e. The summed E-state index contributed by atoms with van der Waals surface area (Å²) in [5.41, 5.74) is 1.32. The van der Waals surface area contributed by atoms with E-state index in [9.17, 15) is 0 Å². The largest absolute Gasteiger partial charge is 0.383 e. The van der Waals surface area contributed by atoms with Crippen LogP contribution in [0.25, 0.3) is 0 Å². The molecule has 1 aromatic heterocycles. The van der Waals surface area contributed by atoms with Gasteiger partial charge >= 0.3 is 0 Å². The van der Waals surface area contributed by atoms with Gasteiger partial charge in [0.2, 0.25) is 0 Å². The second kappa shape index (κ2) is 7.62. The van der Waals surface area contributed by atoms with Crippen molar-refractivity contribution in [1.29, 1.82) is 0 Å². The summed E-state index contributed by atoms with van der Waals surface area (Å²) in [4.78, 5) is 2.57. The van der Waals surface area contributed by atoms with Crippen molar-refractivity contribution in [2.75, 3.05) is 33.4 Å². The summed E-state index contributed by atoms with van der Waals surface area (Å²) in [6.07, 6.45) is 6.76. The van der Waals surface area contributed by atoms with E-state index in [1.807, 2.05) is 10.9 Å². The number of aromatic nitrogens is 2. The highest BCUT2D eigenvalue weighted by Gasteiger charge is 2.24. The molecule has 1 aromatic rings. The van der Waals surface area contributed by atoms with Gasteiger partial charge in [-0.25, -0.2) is 0 Å². The maximum atomic E-state index is 5.06. The first-order chi connectivity index (χ1) is 9.33. The Morgan fingerprint density at radius 3 is 3.16 bits per heavy atom. The van der Waals surface area contributed by atoms with Crippen LogP contribution < -0.4 is 5.32 Å². The van der Waals surface area contributed by atoms with Crippen LogP contribution in [0.4, 0.5) is 0 Å². The van der Waals surface area contributed by atoms with Crippen LogP contribution in [0.1, 0.15) is 25.3 Å². The van der Waals surface area contributed by atoms with Gasteiger partial charge in [-0.05, 0) is 26.3 Å². The van der Waals surface area contributed by atoms with E-state index in [2.05, 4.69) is 28.4 Å². The van der Waals surface area contributed by atoms with Crippen LogP contribution in [0.2, 0.25) is 0 Å². The molecule has 0 spiro atoms. The standard InChI is InChI=1S/C14H26N4O/c1-3-18-12-13(9-16-18)11-17-7-4-5-14(17)10-15-6-8-19-2/h9,12,14-15H,3-8,10-11H2,1-2H3. The Balaban J connectivity index is 1.78. The first kappa shape index (κ1) is 14.5. The highest BCUT2D eigenvalue weighted by atomic mass is 16.5. The van der Waals surface area contributed by atoms with Gasteiger partial charge in [0.05, 0.1) is 12.8 Å². The minimum absolute atomic E-state index is 0.654. The first-order valence-corrected chi connectivity index (χ1v) is 7.28. The molecule has 1 aliphatic heterocycles. The molecule has 0 bridgehead atoms. The lowest BCUT2D eigenvalue weighted by molar-refractivity contribution is 0.191. The molecule has 0 aromatic carbocycles. The van der Waals surface area contributed by atoms with Gasteiger partial charge in [0.1, 0.15) is 0 Å². The molecule has 0 amide bonds. The molecule has 1 atom stereocenters. The van der Waals surface area contributed by atoms with Crippen LogP contribution in [0.5, 0.6) is 0 Å². The fourth-order valence-corrected chi connectivity index (χ4v) is 2.67. The number of methoxy groups -OCH3 is 1. The molecule has 0 radical (unpaired) electrons. The number of aryl methyl sites for hydroxylation is 1. The zero-order valence-electron chi connectivity index (χ0n) is 12.1. The van der Waals surface area contributed by atoms with Crippen LogP contribution in [-0.4, -0.2) is 54.1 Å². The van der Waals surface area contributed by atoms with E-state index in [4.69, 9.17) is 4.74 Å². The summed E-state index contributed by atoms with van der Waals surface area (Å²) in [7, 11) is 1.74. The molecule has 19 heavy (non-hydrogen) atoms. The molecular weight excluding hydrogens is 240 g/mol. The third-order valence-electron chi connectivity index (χ3n) is 3.76. The number of ether oxygens (including phenoxy) is 1. The molecular formula is C14H26N4O. The van der Waals surface area contributed by atoms with Crippen molar-refractivity contribution in [3.8, 4) is 0 Å². The molecule has 2 rings (SSSR count). The van der Waals surface area contributed by atoms with Gasteiger partial charge in [-0.3, -0.25) is 9.58 Å². The van der Waals surface area contributed by atoms with Crippen molar-refractivity contribution in [3.63, 3.8) is 0 Å². The number of hydrogen-bond acceptors (Lipinski definition) is 4. The minimum atomic E-state index is 0.654. The Hall–Kier alpha value is -0.910. The normalized spacial score (nSPS) is 20.2. The molecule has 1 aliphatic rings. The fourth-order valence-electron chi connectivity index (χ4n) is 2.67. The zero-order chi connectivity index (χ0) is 13.5. The van der Waals surface area contributed by atoms with Crippen LogP contribution >= 0.6 is 0 Å². The molecule has 5 heteroatoms. The van der Waals surface area contributed by atoms with Crippen LogP contribution in [0.15, 0.2) is 12.4 Å². The lowest BCUT2D eigenvalue weighted by atomic mass is 10.2. The van der Waals surface area contributed by atoms with Crippen LogP contribution in [0.3, 0.4) is 0 Å². The van der Waals surface area contributed by atoms with Crippen molar-refractivity contribution in [2.24, 2.45) is 0 Å². The maximum absolute atomic E-state index is 5.06. The molecule has 2 heterocycles. The van der Waals surface area contributed by atoms with Crippen molar-refractivity contribution in [2.45, 2.75) is 38.9 Å². The number of nitrogens with one attached hydrogen (secondary N) is 1. The second-order valence-corrected chi connectivity index (χ2v) is 5.17. The van der Waals surface area contributed by atoms with E-state index < -0.39 is 0 Å². The predicted molar refractivity (Wildman–Crippen MR) is 76.1 cm³/mol. The van der Waals surface area contributed by atoms with Crippen LogP contribution in [-0.2, 0) is 17.8 Å². The summed E-state index contributed by atoms with van der Waals surface area (Å²) in [5, 5.41) is 7.82. The quantitative estimate of drug-likeness (QED) is 0.716. The highest BCUT2D eigenvalue weighted by Crippen LogP contribution is 2.19. The van der Waals surface area contributed by atoms with Crippen molar-refractivity contribution >= 4 is 0 Å². The molecule has 1 unspecified atom stereocenters. The van der Waals surface area contributed by atoms with Gasteiger partial charge in [-0.15, -0.1) is 0 Å². The SMILES string of the molecule is CCn1cc(CN2CCCC2CNCCOC)cn1.